The van der Waals surface area contributed by atoms with E-state index in [4.69, 9.17) is 46.9 Å². The molecule has 6 heterocycles. The first-order valence-corrected chi connectivity index (χ1v) is 20.8. The Kier molecular flexibility index (Phi) is 18.6. The van der Waals surface area contributed by atoms with Gasteiger partial charge >= 0.3 is 5.97 Å². The predicted octanol–water partition coefficient (Wildman–Crippen LogP) is 9.72. The number of pyridine rings is 6. The number of rotatable bonds is 9. The van der Waals surface area contributed by atoms with Gasteiger partial charge in [-0.15, -0.1) is 12.4 Å². The summed E-state index contributed by atoms with van der Waals surface area (Å²) in [6, 6.07) is 22.8. The number of nitrogens with one attached hydrogen (secondary N) is 1. The highest BCUT2D eigenvalue weighted by Crippen LogP contribution is 2.22. The van der Waals surface area contributed by atoms with Crippen molar-refractivity contribution in [3.05, 3.63) is 187 Å². The first-order valence-electron chi connectivity index (χ1n) is 20.8. The third kappa shape index (κ3) is 14.3. The van der Waals surface area contributed by atoms with E-state index in [2.05, 4.69) is 41.3 Å². The van der Waals surface area contributed by atoms with Crippen LogP contribution in [0.25, 0.3) is 21.8 Å². The molecule has 0 aliphatic heterocycles. The van der Waals surface area contributed by atoms with Crippen molar-refractivity contribution in [3.8, 4) is 0 Å². The number of benzene rings is 2. The molecule has 0 fully saturated rings. The van der Waals surface area contributed by atoms with Crippen molar-refractivity contribution in [3.63, 3.8) is 0 Å². The zero-order valence-electron chi connectivity index (χ0n) is 37.6. The van der Waals surface area contributed by atoms with Crippen LogP contribution in [0.4, 0.5) is 16.0 Å². The van der Waals surface area contributed by atoms with Gasteiger partial charge in [-0.05, 0) is 146 Å². The molecule has 2 aromatic carbocycles. The average Bonchev–Trinajstić information content (AvgIpc) is 3.26. The summed E-state index contributed by atoms with van der Waals surface area (Å²) in [5, 5.41) is 15.1. The molecule has 0 radical (unpaired) electrons. The maximum absolute atomic E-state index is 12.7. The standard InChI is InChI=1S/C24H22ClN5O.C16H11ClN2O2.C8H13N3.CH3F.ClH/c1-14-5-23(26)30-15(2)21(14)13-29-24(31)19-8-17(10-27-11-19)6-16-3-4-22-18(7-16)9-20(25)12-28-22;17-14-6-12-4-10(1-2-15(12)19-9-14)3-11-5-13(16(20)21)8-18-7-11;1-5-3-8(10)11-6(2)7(5)4-9;1-2;/h3-5,7-12H,6,13H2,1-2H3,(H2,26,30)(H,29,31);1-2,4-9H,3H2,(H,20,21);3H,4,9H2,1-2H3,(H2,10,11);1H3;1H/i;;;1D;. The van der Waals surface area contributed by atoms with E-state index in [1.807, 2.05) is 88.4 Å². The Morgan fingerprint density at radius 3 is 1.58 bits per heavy atom. The zero-order chi connectivity index (χ0) is 47.9. The van der Waals surface area contributed by atoms with Crippen LogP contribution in [-0.4, -0.2) is 54.0 Å². The number of aromatic carboxylic acids is 1. The van der Waals surface area contributed by atoms with Crippen LogP contribution in [0.1, 0.15) is 78.0 Å². The second-order valence-electron chi connectivity index (χ2n) is 14.9. The smallest absolute Gasteiger partial charge is 0.337 e. The van der Waals surface area contributed by atoms with E-state index < -0.39 is 13.1 Å². The molecular formula is C49H50Cl3FN10O3. The van der Waals surface area contributed by atoms with Gasteiger partial charge in [-0.1, -0.05) is 35.3 Å². The SMILES string of the molecule is Cc1cc(N)nc(C)c1CN.Cc1cc(N)nc(C)c1CNC(=O)c1cncc(Cc2ccc3ncc(Cl)cc3c2)c1.Cl.O=C(O)c1cncc(Cc2ccc3ncc(Cl)cc3c2)c1.[2H]CF. The van der Waals surface area contributed by atoms with E-state index in [-0.39, 0.29) is 23.9 Å². The number of nitrogen functional groups attached to an aromatic ring is 2. The molecule has 66 heavy (non-hydrogen) atoms. The number of carbonyl (C=O) groups is 2. The number of anilines is 2. The van der Waals surface area contributed by atoms with Crippen LogP contribution in [0.3, 0.4) is 0 Å². The van der Waals surface area contributed by atoms with Gasteiger partial charge in [0.05, 0.1) is 40.7 Å². The van der Waals surface area contributed by atoms with Crippen LogP contribution in [0.15, 0.2) is 110 Å². The van der Waals surface area contributed by atoms with E-state index >= 15 is 0 Å². The van der Waals surface area contributed by atoms with E-state index in [1.54, 1.807) is 37.1 Å². The summed E-state index contributed by atoms with van der Waals surface area (Å²) in [6.07, 6.45) is 10.9. The summed E-state index contributed by atoms with van der Waals surface area (Å²) in [4.78, 5) is 48.8. The number of aromatic nitrogens is 6. The highest BCUT2D eigenvalue weighted by atomic mass is 35.5. The predicted molar refractivity (Wildman–Crippen MR) is 264 cm³/mol. The van der Waals surface area contributed by atoms with Gasteiger partial charge in [-0.2, -0.15) is 0 Å². The molecule has 13 nitrogen and oxygen atoms in total. The lowest BCUT2D eigenvalue weighted by atomic mass is 10.0. The second kappa shape index (κ2) is 24.4. The lowest BCUT2D eigenvalue weighted by Crippen LogP contribution is -2.24. The van der Waals surface area contributed by atoms with Crippen molar-refractivity contribution in [1.82, 2.24) is 35.2 Å². The number of hydrogen-bond donors (Lipinski definition) is 5. The number of fused-ring (bicyclic) bond motifs is 2. The number of nitrogens with zero attached hydrogens (tertiary/aromatic N) is 6. The molecule has 0 aliphatic carbocycles. The third-order valence-electron chi connectivity index (χ3n) is 10.1. The average molecular weight is 953 g/mol. The lowest BCUT2D eigenvalue weighted by molar-refractivity contribution is 0.0696. The fourth-order valence-electron chi connectivity index (χ4n) is 7.03. The van der Waals surface area contributed by atoms with Crippen molar-refractivity contribution in [1.29, 1.82) is 0 Å². The monoisotopic (exact) mass is 951 g/mol. The van der Waals surface area contributed by atoms with E-state index in [9.17, 15) is 14.0 Å². The summed E-state index contributed by atoms with van der Waals surface area (Å²) in [5.74, 6) is -0.107. The number of carboxylic acid groups (broad SMARTS) is 1. The van der Waals surface area contributed by atoms with Gasteiger partial charge in [0.25, 0.3) is 5.91 Å². The number of halogens is 4. The maximum Gasteiger partial charge on any atom is 0.337 e. The third-order valence-corrected chi connectivity index (χ3v) is 10.5. The Balaban J connectivity index is 0.000000234. The molecule has 8 aromatic rings. The molecule has 0 spiro atoms. The number of alkyl halides is 1. The molecule has 0 unspecified atom stereocenters. The Labute approximate surface area is 399 Å². The molecule has 17 heteroatoms. The Bertz CT molecular complexity index is 2960. The number of carboxylic acids is 1. The molecule has 0 atom stereocenters. The maximum atomic E-state index is 12.7. The summed E-state index contributed by atoms with van der Waals surface area (Å²) < 4.78 is 15.5. The molecule has 1 amide bonds. The van der Waals surface area contributed by atoms with E-state index in [1.165, 1.54) is 6.20 Å². The summed E-state index contributed by atoms with van der Waals surface area (Å²) in [7, 11) is -1.00. The van der Waals surface area contributed by atoms with Gasteiger partial charge in [-0.3, -0.25) is 29.1 Å². The minimum atomic E-state index is -1.00. The molecule has 0 aliphatic rings. The summed E-state index contributed by atoms with van der Waals surface area (Å²) >= 11 is 12.0. The van der Waals surface area contributed by atoms with Crippen molar-refractivity contribution in [2.75, 3.05) is 18.6 Å². The number of amides is 1. The number of aryl methyl sites for hydroxylation is 4. The van der Waals surface area contributed by atoms with Crippen LogP contribution in [0.2, 0.25) is 10.0 Å². The van der Waals surface area contributed by atoms with Gasteiger partial charge in [0.1, 0.15) is 11.6 Å². The Morgan fingerprint density at radius 1 is 0.667 bits per heavy atom. The molecular weight excluding hydrogens is 902 g/mol. The van der Waals surface area contributed by atoms with Crippen LogP contribution >= 0.6 is 35.6 Å². The van der Waals surface area contributed by atoms with Crippen LogP contribution in [0, 0.1) is 27.7 Å². The zero-order valence-corrected chi connectivity index (χ0v) is 39.0. The normalized spacial score (nSPS) is 10.5. The highest BCUT2D eigenvalue weighted by Gasteiger charge is 2.12. The van der Waals surface area contributed by atoms with Crippen molar-refractivity contribution < 1.29 is 20.5 Å². The molecule has 8 rings (SSSR count). The fourth-order valence-corrected chi connectivity index (χ4v) is 7.36. The van der Waals surface area contributed by atoms with E-state index in [0.717, 1.165) is 77.7 Å². The lowest BCUT2D eigenvalue weighted by Gasteiger charge is -2.12. The summed E-state index contributed by atoms with van der Waals surface area (Å²) in [6.45, 7) is 8.68. The van der Waals surface area contributed by atoms with Crippen molar-refractivity contribution >= 4 is 80.9 Å². The Hall–Kier alpha value is -6.84. The first kappa shape index (κ1) is 50.2. The van der Waals surface area contributed by atoms with Gasteiger partial charge < -0.3 is 27.6 Å². The van der Waals surface area contributed by atoms with Gasteiger partial charge in [0, 0.05) is 72.4 Å². The minimum Gasteiger partial charge on any atom is -0.478 e. The van der Waals surface area contributed by atoms with Gasteiger partial charge in [0.2, 0.25) is 0 Å². The highest BCUT2D eigenvalue weighted by molar-refractivity contribution is 6.31. The molecule has 0 saturated carbocycles. The topological polar surface area (TPSA) is 222 Å². The fraction of sp³-hybridized carbons (Fsp3) is 0.184. The molecule has 342 valence electrons. The molecule has 6 aromatic heterocycles. The first-order chi connectivity index (χ1) is 31.6. The second-order valence-corrected chi connectivity index (χ2v) is 15.8. The molecule has 0 bridgehead atoms. The van der Waals surface area contributed by atoms with Crippen LogP contribution in [0.5, 0.6) is 0 Å². The van der Waals surface area contributed by atoms with E-state index in [0.29, 0.717) is 53.2 Å². The van der Waals surface area contributed by atoms with Crippen LogP contribution < -0.4 is 22.5 Å². The number of carbonyl (C=O) groups excluding carboxylic acids is 1. The number of nitrogens with two attached hydrogens (primary N) is 3. The van der Waals surface area contributed by atoms with Crippen LogP contribution in [-0.2, 0) is 25.9 Å². The minimum absolute atomic E-state index is 0. The summed E-state index contributed by atoms with van der Waals surface area (Å²) in [5.41, 5.74) is 29.2. The number of hydrogen-bond acceptors (Lipinski definition) is 11. The van der Waals surface area contributed by atoms with Gasteiger partial charge in [-0.25, -0.2) is 14.8 Å². The van der Waals surface area contributed by atoms with Crippen molar-refractivity contribution in [2.24, 2.45) is 5.73 Å². The molecule has 8 N–H and O–H groups in total. The quantitative estimate of drug-likeness (QED) is 0.0913. The Morgan fingerprint density at radius 2 is 1.12 bits per heavy atom. The largest absolute Gasteiger partial charge is 0.478 e. The molecule has 0 saturated heterocycles. The van der Waals surface area contributed by atoms with Gasteiger partial charge in [0.15, 0.2) is 0 Å². The van der Waals surface area contributed by atoms with Crippen molar-refractivity contribution in [2.45, 2.75) is 53.6 Å².